The lowest BCUT2D eigenvalue weighted by Crippen LogP contribution is -2.29. The first-order valence-electron chi connectivity index (χ1n) is 6.89. The van der Waals surface area contributed by atoms with E-state index in [0.717, 1.165) is 35.7 Å². The smallest absolute Gasteiger partial charge is 0.123 e. The number of hydrogen-bond donors (Lipinski definition) is 1. The molecule has 0 saturated carbocycles. The summed E-state index contributed by atoms with van der Waals surface area (Å²) in [7, 11) is 1.69. The molecule has 1 aliphatic carbocycles. The normalized spacial score (nSPS) is 14.3. The Morgan fingerprint density at radius 2 is 1.85 bits per heavy atom. The molecule has 2 aromatic carbocycles. The molecule has 0 heterocycles. The molecule has 0 spiro atoms. The summed E-state index contributed by atoms with van der Waals surface area (Å²) in [6.07, 6.45) is 2.19. The summed E-state index contributed by atoms with van der Waals surface area (Å²) < 4.78 is 5.38. The van der Waals surface area contributed by atoms with Crippen LogP contribution in [0.5, 0.6) is 5.75 Å². The first-order chi connectivity index (χ1) is 9.76. The average molecular weight is 288 g/mol. The minimum atomic E-state index is 0.496. The Bertz CT molecular complexity index is 587. The zero-order chi connectivity index (χ0) is 13.9. The molecule has 0 fully saturated rings. The number of ether oxygens (including phenoxy) is 1. The standard InChI is InChI=1S/C17H18ClNO/c1-20-17-7-6-15(18)8-14(17)11-19-16-9-12-4-2-3-5-13(12)10-16/h2-8,16,19H,9-11H2,1H3. The number of hydrogen-bond acceptors (Lipinski definition) is 2. The van der Waals surface area contributed by atoms with Crippen LogP contribution in [-0.4, -0.2) is 13.2 Å². The monoisotopic (exact) mass is 287 g/mol. The highest BCUT2D eigenvalue weighted by Gasteiger charge is 2.20. The fourth-order valence-corrected chi connectivity index (χ4v) is 3.04. The maximum absolute atomic E-state index is 6.06. The minimum absolute atomic E-state index is 0.496. The van der Waals surface area contributed by atoms with Crippen molar-refractivity contribution in [2.24, 2.45) is 0 Å². The largest absolute Gasteiger partial charge is 0.496 e. The molecule has 20 heavy (non-hydrogen) atoms. The maximum atomic E-state index is 6.06. The molecule has 0 bridgehead atoms. The molecule has 0 aromatic heterocycles. The van der Waals surface area contributed by atoms with Crippen molar-refractivity contribution in [3.8, 4) is 5.75 Å². The number of methoxy groups -OCH3 is 1. The van der Waals surface area contributed by atoms with Crippen molar-refractivity contribution >= 4 is 11.6 Å². The minimum Gasteiger partial charge on any atom is -0.496 e. The number of fused-ring (bicyclic) bond motifs is 1. The van der Waals surface area contributed by atoms with E-state index in [4.69, 9.17) is 16.3 Å². The zero-order valence-corrected chi connectivity index (χ0v) is 12.3. The van der Waals surface area contributed by atoms with E-state index in [-0.39, 0.29) is 0 Å². The summed E-state index contributed by atoms with van der Waals surface area (Å²) in [5.74, 6) is 0.886. The summed E-state index contributed by atoms with van der Waals surface area (Å²) in [4.78, 5) is 0. The summed E-state index contributed by atoms with van der Waals surface area (Å²) in [5.41, 5.74) is 4.03. The second-order valence-electron chi connectivity index (χ2n) is 5.21. The van der Waals surface area contributed by atoms with Crippen molar-refractivity contribution in [3.05, 3.63) is 64.2 Å². The van der Waals surface area contributed by atoms with Crippen molar-refractivity contribution < 1.29 is 4.74 Å². The van der Waals surface area contributed by atoms with Crippen LogP contribution in [0.4, 0.5) is 0 Å². The third-order valence-electron chi connectivity index (χ3n) is 3.87. The lowest BCUT2D eigenvalue weighted by Gasteiger charge is -2.14. The molecule has 2 nitrogen and oxygen atoms in total. The van der Waals surface area contributed by atoms with E-state index < -0.39 is 0 Å². The van der Waals surface area contributed by atoms with Gasteiger partial charge in [0.1, 0.15) is 5.75 Å². The molecule has 2 aromatic rings. The quantitative estimate of drug-likeness (QED) is 0.928. The molecule has 0 amide bonds. The molecule has 0 aliphatic heterocycles. The number of nitrogens with one attached hydrogen (secondary N) is 1. The van der Waals surface area contributed by atoms with Crippen molar-refractivity contribution in [1.82, 2.24) is 5.32 Å². The zero-order valence-electron chi connectivity index (χ0n) is 11.5. The molecule has 0 atom stereocenters. The van der Waals surface area contributed by atoms with Crippen LogP contribution < -0.4 is 10.1 Å². The van der Waals surface area contributed by atoms with Gasteiger partial charge in [-0.1, -0.05) is 35.9 Å². The maximum Gasteiger partial charge on any atom is 0.123 e. The molecule has 3 rings (SSSR count). The van der Waals surface area contributed by atoms with Crippen molar-refractivity contribution in [2.45, 2.75) is 25.4 Å². The van der Waals surface area contributed by atoms with E-state index >= 15 is 0 Å². The Balaban J connectivity index is 1.65. The molecular weight excluding hydrogens is 270 g/mol. The Morgan fingerprint density at radius 3 is 2.50 bits per heavy atom. The number of halogens is 1. The van der Waals surface area contributed by atoms with Gasteiger partial charge in [-0.25, -0.2) is 0 Å². The highest BCUT2D eigenvalue weighted by Crippen LogP contribution is 2.25. The van der Waals surface area contributed by atoms with Crippen LogP contribution in [0, 0.1) is 0 Å². The summed E-state index contributed by atoms with van der Waals surface area (Å²) in [5, 5.41) is 4.36. The van der Waals surface area contributed by atoms with Crippen LogP contribution in [-0.2, 0) is 19.4 Å². The van der Waals surface area contributed by atoms with Crippen molar-refractivity contribution in [3.63, 3.8) is 0 Å². The van der Waals surface area contributed by atoms with Crippen LogP contribution >= 0.6 is 11.6 Å². The molecule has 0 unspecified atom stereocenters. The van der Waals surface area contributed by atoms with Gasteiger partial charge in [-0.15, -0.1) is 0 Å². The highest BCUT2D eigenvalue weighted by atomic mass is 35.5. The lowest BCUT2D eigenvalue weighted by atomic mass is 10.1. The van der Waals surface area contributed by atoms with Crippen molar-refractivity contribution in [2.75, 3.05) is 7.11 Å². The molecule has 0 radical (unpaired) electrons. The van der Waals surface area contributed by atoms with Gasteiger partial charge in [-0.05, 0) is 42.2 Å². The Hall–Kier alpha value is -1.51. The number of benzene rings is 2. The summed E-state index contributed by atoms with van der Waals surface area (Å²) >= 11 is 6.06. The Kier molecular flexibility index (Phi) is 3.95. The molecule has 1 aliphatic rings. The van der Waals surface area contributed by atoms with Crippen LogP contribution in [0.2, 0.25) is 5.02 Å². The lowest BCUT2D eigenvalue weighted by molar-refractivity contribution is 0.405. The predicted molar refractivity (Wildman–Crippen MR) is 82.5 cm³/mol. The van der Waals surface area contributed by atoms with Gasteiger partial charge in [0, 0.05) is 23.2 Å². The number of rotatable bonds is 4. The van der Waals surface area contributed by atoms with E-state index in [0.29, 0.717) is 6.04 Å². The fourth-order valence-electron chi connectivity index (χ4n) is 2.84. The first-order valence-corrected chi connectivity index (χ1v) is 7.26. The van der Waals surface area contributed by atoms with Crippen LogP contribution in [0.25, 0.3) is 0 Å². The Labute approximate surface area is 124 Å². The van der Waals surface area contributed by atoms with Crippen LogP contribution in [0.1, 0.15) is 16.7 Å². The van der Waals surface area contributed by atoms with E-state index in [2.05, 4.69) is 29.6 Å². The highest BCUT2D eigenvalue weighted by molar-refractivity contribution is 6.30. The van der Waals surface area contributed by atoms with Gasteiger partial charge in [0.2, 0.25) is 0 Å². The van der Waals surface area contributed by atoms with Gasteiger partial charge < -0.3 is 10.1 Å². The second-order valence-corrected chi connectivity index (χ2v) is 5.65. The second kappa shape index (κ2) is 5.86. The van der Waals surface area contributed by atoms with Gasteiger partial charge >= 0.3 is 0 Å². The topological polar surface area (TPSA) is 21.3 Å². The SMILES string of the molecule is COc1ccc(Cl)cc1CNC1Cc2ccccc2C1. The van der Waals surface area contributed by atoms with Gasteiger partial charge in [0.15, 0.2) is 0 Å². The van der Waals surface area contributed by atoms with E-state index in [9.17, 15) is 0 Å². The van der Waals surface area contributed by atoms with Crippen LogP contribution in [0.15, 0.2) is 42.5 Å². The molecular formula is C17H18ClNO. The predicted octanol–water partition coefficient (Wildman–Crippen LogP) is 3.61. The molecule has 104 valence electrons. The van der Waals surface area contributed by atoms with Crippen LogP contribution in [0.3, 0.4) is 0 Å². The third-order valence-corrected chi connectivity index (χ3v) is 4.11. The fraction of sp³-hybridized carbons (Fsp3) is 0.294. The van der Waals surface area contributed by atoms with Crippen molar-refractivity contribution in [1.29, 1.82) is 0 Å². The molecule has 1 N–H and O–H groups in total. The van der Waals surface area contributed by atoms with Gasteiger partial charge in [0.25, 0.3) is 0 Å². The molecule has 3 heteroatoms. The summed E-state index contributed by atoms with van der Waals surface area (Å²) in [6, 6.07) is 14.9. The van der Waals surface area contributed by atoms with Gasteiger partial charge in [-0.3, -0.25) is 0 Å². The first kappa shape index (κ1) is 13.5. The molecule has 0 saturated heterocycles. The average Bonchev–Trinajstić information content (AvgIpc) is 2.88. The van der Waals surface area contributed by atoms with E-state index in [1.165, 1.54) is 11.1 Å². The van der Waals surface area contributed by atoms with Gasteiger partial charge in [0.05, 0.1) is 7.11 Å². The van der Waals surface area contributed by atoms with E-state index in [1.807, 2.05) is 18.2 Å². The van der Waals surface area contributed by atoms with Gasteiger partial charge in [-0.2, -0.15) is 0 Å². The Morgan fingerprint density at radius 1 is 1.15 bits per heavy atom. The van der Waals surface area contributed by atoms with E-state index in [1.54, 1.807) is 7.11 Å². The third kappa shape index (κ3) is 2.82. The summed E-state index contributed by atoms with van der Waals surface area (Å²) in [6.45, 7) is 0.780.